The Hall–Kier alpha value is -2.75. The molecule has 0 bridgehead atoms. The largest absolute Gasteiger partial charge is 0.443 e. The van der Waals surface area contributed by atoms with Gasteiger partial charge >= 0.3 is 6.09 Å². The second-order valence-corrected chi connectivity index (χ2v) is 13.1. The lowest BCUT2D eigenvalue weighted by atomic mass is 9.68. The van der Waals surface area contributed by atoms with Crippen LogP contribution in [0.4, 0.5) is 10.5 Å². The fourth-order valence-electron chi connectivity index (χ4n) is 5.96. The second-order valence-electron chi connectivity index (χ2n) is 13.1. The number of ketones is 1. The Labute approximate surface area is 243 Å². The maximum absolute atomic E-state index is 12.8. The number of carbonyl (C=O) groups is 3. The van der Waals surface area contributed by atoms with E-state index < -0.39 is 17.6 Å². The highest BCUT2D eigenvalue weighted by Crippen LogP contribution is 2.59. The average Bonchev–Trinajstić information content (AvgIpc) is 3.83. The first kappa shape index (κ1) is 31.2. The van der Waals surface area contributed by atoms with Crippen molar-refractivity contribution in [3.05, 3.63) is 41.5 Å². The third kappa shape index (κ3) is 7.56. The summed E-state index contributed by atoms with van der Waals surface area (Å²) in [5, 5.41) is 5.65. The number of Topliss-reactive ketones (excluding diaryl/α,β-unsaturated/α-hetero) is 1. The summed E-state index contributed by atoms with van der Waals surface area (Å²) in [5.74, 6) is -0.181. The topological polar surface area (TPSA) is 119 Å². The van der Waals surface area contributed by atoms with Crippen LogP contribution in [0, 0.1) is 11.3 Å². The van der Waals surface area contributed by atoms with Gasteiger partial charge in [0.2, 0.25) is 5.91 Å². The van der Waals surface area contributed by atoms with Gasteiger partial charge in [-0.05, 0) is 57.7 Å². The van der Waals surface area contributed by atoms with Gasteiger partial charge in [-0.2, -0.15) is 0 Å². The molecular weight excluding hydrogens is 524 g/mol. The molecule has 6 atom stereocenters. The fraction of sp³-hybridized carbons (Fsp3) is 0.656. The molecule has 1 spiro atoms. The van der Waals surface area contributed by atoms with Crippen LogP contribution in [0.2, 0.25) is 0 Å². The summed E-state index contributed by atoms with van der Waals surface area (Å²) in [4.78, 5) is 37.1. The zero-order valence-corrected chi connectivity index (χ0v) is 25.5. The zero-order valence-electron chi connectivity index (χ0n) is 25.5. The van der Waals surface area contributed by atoms with Gasteiger partial charge in [0.05, 0.1) is 18.6 Å². The van der Waals surface area contributed by atoms with Crippen LogP contribution in [0.25, 0.3) is 0 Å². The van der Waals surface area contributed by atoms with E-state index in [1.165, 1.54) is 5.57 Å². The zero-order chi connectivity index (χ0) is 30.0. The number of epoxide rings is 2. The molecule has 1 aromatic carbocycles. The van der Waals surface area contributed by atoms with Crippen LogP contribution in [-0.4, -0.2) is 61.0 Å². The van der Waals surface area contributed by atoms with Gasteiger partial charge < -0.3 is 29.6 Å². The van der Waals surface area contributed by atoms with Gasteiger partial charge in [0.25, 0.3) is 0 Å². The molecule has 9 nitrogen and oxygen atoms in total. The summed E-state index contributed by atoms with van der Waals surface area (Å²) in [6, 6.07) is 7.21. The van der Waals surface area contributed by atoms with E-state index in [0.29, 0.717) is 18.7 Å². The molecule has 3 fully saturated rings. The molecule has 1 saturated carbocycles. The highest BCUT2D eigenvalue weighted by Gasteiger charge is 2.72. The molecule has 41 heavy (non-hydrogen) atoms. The third-order valence-electron chi connectivity index (χ3n) is 8.59. The van der Waals surface area contributed by atoms with Gasteiger partial charge in [0.15, 0.2) is 0 Å². The highest BCUT2D eigenvalue weighted by molar-refractivity contribution is 5.94. The van der Waals surface area contributed by atoms with Crippen molar-refractivity contribution < 1.29 is 33.3 Å². The van der Waals surface area contributed by atoms with Crippen molar-refractivity contribution in [3.8, 4) is 0 Å². The van der Waals surface area contributed by atoms with Gasteiger partial charge in [-0.1, -0.05) is 44.6 Å². The third-order valence-corrected chi connectivity index (χ3v) is 8.59. The highest BCUT2D eigenvalue weighted by atomic mass is 16.6. The second kappa shape index (κ2) is 12.2. The van der Waals surface area contributed by atoms with E-state index >= 15 is 0 Å². The van der Waals surface area contributed by atoms with Crippen LogP contribution < -0.4 is 10.6 Å². The van der Waals surface area contributed by atoms with Crippen molar-refractivity contribution in [1.29, 1.82) is 0 Å². The number of alkyl carbamates (subject to hydrolysis) is 1. The first-order chi connectivity index (χ1) is 19.3. The van der Waals surface area contributed by atoms with Crippen LogP contribution in [0.5, 0.6) is 0 Å². The molecule has 1 aliphatic carbocycles. The number of allylic oxidation sites excluding steroid dienone is 1. The van der Waals surface area contributed by atoms with E-state index in [2.05, 4.69) is 37.5 Å². The van der Waals surface area contributed by atoms with E-state index in [4.69, 9.17) is 18.9 Å². The van der Waals surface area contributed by atoms with E-state index in [1.54, 1.807) is 19.2 Å². The smallest absolute Gasteiger partial charge is 0.407 e. The summed E-state index contributed by atoms with van der Waals surface area (Å²) in [6.07, 6.45) is 3.68. The number of hydrogen-bond acceptors (Lipinski definition) is 7. The lowest BCUT2D eigenvalue weighted by molar-refractivity contribution is -0.128. The van der Waals surface area contributed by atoms with Gasteiger partial charge in [-0.3, -0.25) is 9.59 Å². The van der Waals surface area contributed by atoms with Crippen molar-refractivity contribution in [3.63, 3.8) is 0 Å². The number of carbonyl (C=O) groups excluding carboxylic acids is 3. The van der Waals surface area contributed by atoms with Gasteiger partial charge in [-0.25, -0.2) is 4.79 Å². The van der Waals surface area contributed by atoms with Crippen molar-refractivity contribution in [2.45, 2.75) is 110 Å². The normalized spacial score (nSPS) is 30.3. The molecule has 2 amide bonds. The van der Waals surface area contributed by atoms with E-state index in [1.807, 2.05) is 32.9 Å². The minimum absolute atomic E-state index is 0.0311. The molecule has 2 N–H and O–H groups in total. The monoisotopic (exact) mass is 570 g/mol. The molecule has 4 rings (SSSR count). The molecule has 226 valence electrons. The molecule has 0 unspecified atom stereocenters. The Morgan fingerprint density at radius 1 is 1.12 bits per heavy atom. The lowest BCUT2D eigenvalue weighted by Crippen LogP contribution is -2.56. The maximum Gasteiger partial charge on any atom is 0.407 e. The standard InChI is InChI=1S/C32H46N2O7/c1-20(2)8-14-25-31(6,41-25)28-27(38-7)23(16-17-32(28)19-39-32)40-29(37)33-18-21-9-11-22(12-10-21)34-26(36)15-13-24(35)30(3,4)5/h8-12,23,25,27-28H,13-19H2,1-7H3,(H,33,37)(H,34,36)/t23-,25-,27-,28-,31-,32+/m1/s1. The quantitative estimate of drug-likeness (QED) is 0.273. The fourth-order valence-corrected chi connectivity index (χ4v) is 5.96. The van der Waals surface area contributed by atoms with Gasteiger partial charge in [0.1, 0.15) is 29.2 Å². The number of benzene rings is 1. The van der Waals surface area contributed by atoms with Crippen molar-refractivity contribution in [2.75, 3.05) is 19.0 Å². The molecule has 2 saturated heterocycles. The summed E-state index contributed by atoms with van der Waals surface area (Å²) < 4.78 is 24.1. The molecule has 2 heterocycles. The minimum atomic E-state index is -0.507. The number of methoxy groups -OCH3 is 1. The van der Waals surface area contributed by atoms with Gasteiger partial charge in [0, 0.05) is 37.6 Å². The Morgan fingerprint density at radius 2 is 1.80 bits per heavy atom. The van der Waals surface area contributed by atoms with Crippen LogP contribution in [0.1, 0.15) is 79.2 Å². The first-order valence-corrected chi connectivity index (χ1v) is 14.6. The molecule has 0 radical (unpaired) electrons. The van der Waals surface area contributed by atoms with Crippen molar-refractivity contribution >= 4 is 23.5 Å². The molecular formula is C32H46N2O7. The summed E-state index contributed by atoms with van der Waals surface area (Å²) in [5.41, 5.74) is 1.64. The van der Waals surface area contributed by atoms with E-state index in [9.17, 15) is 14.4 Å². The summed E-state index contributed by atoms with van der Waals surface area (Å²) in [6.45, 7) is 12.8. The SMILES string of the molecule is CO[C@@H]1[C@H](OC(=O)NCc2ccc(NC(=O)CCC(=O)C(C)(C)C)cc2)CC[C@]2(CO2)[C@H]1[C@]1(C)O[C@@H]1CC=C(C)C. The summed E-state index contributed by atoms with van der Waals surface area (Å²) in [7, 11) is 1.66. The number of nitrogens with one attached hydrogen (secondary N) is 2. The molecule has 2 aliphatic heterocycles. The predicted octanol–water partition coefficient (Wildman–Crippen LogP) is 5.32. The Bertz CT molecular complexity index is 1150. The maximum atomic E-state index is 12.8. The minimum Gasteiger partial charge on any atom is -0.443 e. The number of rotatable bonds is 11. The van der Waals surface area contributed by atoms with Crippen LogP contribution in [0.15, 0.2) is 35.9 Å². The number of ether oxygens (including phenoxy) is 4. The Kier molecular flexibility index (Phi) is 9.31. The van der Waals surface area contributed by atoms with Crippen LogP contribution >= 0.6 is 0 Å². The molecule has 9 heteroatoms. The number of hydrogen-bond donors (Lipinski definition) is 2. The van der Waals surface area contributed by atoms with E-state index in [-0.39, 0.29) is 60.4 Å². The van der Waals surface area contributed by atoms with Crippen molar-refractivity contribution in [1.82, 2.24) is 5.32 Å². The Balaban J connectivity index is 1.27. The first-order valence-electron chi connectivity index (χ1n) is 14.6. The predicted molar refractivity (Wildman–Crippen MR) is 155 cm³/mol. The number of anilines is 1. The molecule has 1 aromatic rings. The number of amides is 2. The molecule has 3 aliphatic rings. The summed E-state index contributed by atoms with van der Waals surface area (Å²) >= 11 is 0. The van der Waals surface area contributed by atoms with Gasteiger partial charge in [-0.15, -0.1) is 0 Å². The lowest BCUT2D eigenvalue weighted by Gasteiger charge is -2.42. The Morgan fingerprint density at radius 3 is 2.39 bits per heavy atom. The van der Waals surface area contributed by atoms with Crippen LogP contribution in [0.3, 0.4) is 0 Å². The van der Waals surface area contributed by atoms with Crippen molar-refractivity contribution in [2.24, 2.45) is 11.3 Å². The van der Waals surface area contributed by atoms with Crippen LogP contribution in [-0.2, 0) is 35.1 Å². The average molecular weight is 571 g/mol. The molecule has 0 aromatic heterocycles. The van der Waals surface area contributed by atoms with E-state index in [0.717, 1.165) is 18.4 Å².